The fourth-order valence-corrected chi connectivity index (χ4v) is 4.90. The van der Waals surface area contributed by atoms with E-state index in [2.05, 4.69) is 20.6 Å². The van der Waals surface area contributed by atoms with Crippen molar-refractivity contribution in [3.05, 3.63) is 90.4 Å². The first-order valence-electron chi connectivity index (χ1n) is 13.2. The summed E-state index contributed by atoms with van der Waals surface area (Å²) < 4.78 is 0. The first-order chi connectivity index (χ1) is 18.7. The molecular formula is C31H33N5O3. The maximum Gasteiger partial charge on any atom is 0.270 e. The van der Waals surface area contributed by atoms with Crippen LogP contribution in [0, 0.1) is 5.41 Å². The minimum absolute atomic E-state index is 0.158. The van der Waals surface area contributed by atoms with Crippen LogP contribution >= 0.6 is 0 Å². The molecule has 8 nitrogen and oxygen atoms in total. The van der Waals surface area contributed by atoms with Gasteiger partial charge in [0.2, 0.25) is 5.91 Å². The quantitative estimate of drug-likeness (QED) is 0.348. The molecule has 0 unspecified atom stereocenters. The first-order valence-corrected chi connectivity index (χ1v) is 13.2. The minimum Gasteiger partial charge on any atom is -0.351 e. The molecule has 39 heavy (non-hydrogen) atoms. The molecule has 200 valence electrons. The van der Waals surface area contributed by atoms with Crippen LogP contribution in [0.2, 0.25) is 0 Å². The van der Waals surface area contributed by atoms with E-state index in [1.807, 2.05) is 81.4 Å². The van der Waals surface area contributed by atoms with Gasteiger partial charge in [-0.15, -0.1) is 0 Å². The number of carbonyl (C=O) groups excluding carboxylic acids is 3. The van der Waals surface area contributed by atoms with Crippen molar-refractivity contribution in [2.75, 3.05) is 13.1 Å². The fraction of sp³-hybridized carbons (Fsp3) is 0.290. The Kier molecular flexibility index (Phi) is 7.19. The van der Waals surface area contributed by atoms with Crippen LogP contribution in [0.5, 0.6) is 0 Å². The van der Waals surface area contributed by atoms with Crippen LogP contribution in [0.1, 0.15) is 48.2 Å². The maximum atomic E-state index is 13.6. The lowest BCUT2D eigenvalue weighted by atomic mass is 9.85. The second-order valence-electron chi connectivity index (χ2n) is 11.1. The van der Waals surface area contributed by atoms with Crippen LogP contribution < -0.4 is 10.6 Å². The molecule has 0 saturated carbocycles. The largest absolute Gasteiger partial charge is 0.351 e. The van der Waals surface area contributed by atoms with Crippen LogP contribution in [0.15, 0.2) is 79.0 Å². The number of hydrogen-bond acceptors (Lipinski definition) is 4. The molecule has 0 radical (unpaired) electrons. The zero-order valence-electron chi connectivity index (χ0n) is 22.4. The molecule has 1 saturated heterocycles. The van der Waals surface area contributed by atoms with Crippen molar-refractivity contribution >= 4 is 28.6 Å². The summed E-state index contributed by atoms with van der Waals surface area (Å²) in [5, 5.41) is 6.90. The Morgan fingerprint density at radius 2 is 1.69 bits per heavy atom. The topological polar surface area (TPSA) is 107 Å². The molecule has 5 rings (SSSR count). The third kappa shape index (κ3) is 5.85. The van der Waals surface area contributed by atoms with E-state index in [9.17, 15) is 14.4 Å². The van der Waals surface area contributed by atoms with Crippen molar-refractivity contribution in [2.45, 2.75) is 39.3 Å². The molecule has 1 aliphatic heterocycles. The predicted molar refractivity (Wildman–Crippen MR) is 151 cm³/mol. The third-order valence-corrected chi connectivity index (χ3v) is 7.10. The second kappa shape index (κ2) is 10.7. The summed E-state index contributed by atoms with van der Waals surface area (Å²) in [7, 11) is 0. The highest BCUT2D eigenvalue weighted by Gasteiger charge is 2.38. The monoisotopic (exact) mass is 523 g/mol. The number of pyridine rings is 1. The summed E-state index contributed by atoms with van der Waals surface area (Å²) in [6.07, 6.45) is 2.32. The Balaban J connectivity index is 1.21. The number of nitrogens with one attached hydrogen (secondary N) is 3. The Morgan fingerprint density at radius 3 is 2.38 bits per heavy atom. The van der Waals surface area contributed by atoms with Crippen molar-refractivity contribution < 1.29 is 14.4 Å². The molecule has 0 spiro atoms. The van der Waals surface area contributed by atoms with Crippen LogP contribution in [0.3, 0.4) is 0 Å². The van der Waals surface area contributed by atoms with Gasteiger partial charge in [-0.05, 0) is 35.6 Å². The molecule has 2 aromatic heterocycles. The van der Waals surface area contributed by atoms with Gasteiger partial charge in [-0.2, -0.15) is 0 Å². The molecule has 3 N–H and O–H groups in total. The molecule has 1 fully saturated rings. The van der Waals surface area contributed by atoms with Crippen LogP contribution in [-0.4, -0.2) is 57.8 Å². The number of likely N-dealkylation sites (tertiary alicyclic amines) is 1. The zero-order chi connectivity index (χ0) is 27.6. The number of fused-ring (bicyclic) bond motifs is 1. The Bertz CT molecular complexity index is 1460. The standard InChI is InChI=1S/C31H33N5O3/c1-31(2,3)27(35-29(38)26-17-21-11-7-8-12-24(21)34-26)30(39)36-16-15-23(19-36)33-28(37)25-14-13-22(18-32-25)20-9-5-4-6-10-20/h4-14,17-18,23,27,34H,15-16,19H2,1-3H3,(H,33,37)(H,35,38)/t23-,27-/m1/s1. The molecule has 2 aromatic carbocycles. The average molecular weight is 524 g/mol. The molecule has 4 aromatic rings. The Labute approximate surface area is 227 Å². The average Bonchev–Trinajstić information content (AvgIpc) is 3.58. The number of H-pyrrole nitrogens is 1. The summed E-state index contributed by atoms with van der Waals surface area (Å²) in [4.78, 5) is 48.7. The normalized spacial score (nSPS) is 16.2. The van der Waals surface area contributed by atoms with Gasteiger partial charge < -0.3 is 20.5 Å². The van der Waals surface area contributed by atoms with E-state index in [-0.39, 0.29) is 23.8 Å². The number of benzene rings is 2. The van der Waals surface area contributed by atoms with E-state index < -0.39 is 11.5 Å². The molecule has 0 bridgehead atoms. The highest BCUT2D eigenvalue weighted by Crippen LogP contribution is 2.24. The van der Waals surface area contributed by atoms with Crippen molar-refractivity contribution in [3.8, 4) is 11.1 Å². The highest BCUT2D eigenvalue weighted by molar-refractivity contribution is 6.00. The van der Waals surface area contributed by atoms with Gasteiger partial charge in [0.15, 0.2) is 0 Å². The van der Waals surface area contributed by atoms with Gasteiger partial charge in [0.05, 0.1) is 0 Å². The van der Waals surface area contributed by atoms with Crippen LogP contribution in [0.25, 0.3) is 22.0 Å². The zero-order valence-corrected chi connectivity index (χ0v) is 22.4. The second-order valence-corrected chi connectivity index (χ2v) is 11.1. The minimum atomic E-state index is -0.724. The van der Waals surface area contributed by atoms with E-state index in [0.29, 0.717) is 30.9 Å². The first kappa shape index (κ1) is 26.2. The highest BCUT2D eigenvalue weighted by atomic mass is 16.2. The molecule has 3 heterocycles. The summed E-state index contributed by atoms with van der Waals surface area (Å²) in [5.74, 6) is -0.754. The number of carbonyl (C=O) groups is 3. The summed E-state index contributed by atoms with van der Waals surface area (Å²) in [5.41, 5.74) is 3.07. The van der Waals surface area contributed by atoms with Crippen molar-refractivity contribution in [3.63, 3.8) is 0 Å². The number of para-hydroxylation sites is 1. The number of nitrogens with zero attached hydrogens (tertiary/aromatic N) is 2. The van der Waals surface area contributed by atoms with E-state index >= 15 is 0 Å². The van der Waals surface area contributed by atoms with Gasteiger partial charge in [-0.25, -0.2) is 0 Å². The number of rotatable bonds is 6. The number of hydrogen-bond donors (Lipinski definition) is 3. The van der Waals surface area contributed by atoms with Crippen molar-refractivity contribution in [1.82, 2.24) is 25.5 Å². The molecule has 0 aliphatic carbocycles. The van der Waals surface area contributed by atoms with Gasteiger partial charge in [-0.3, -0.25) is 19.4 Å². The molecule has 3 amide bonds. The van der Waals surface area contributed by atoms with Crippen molar-refractivity contribution in [2.24, 2.45) is 5.41 Å². The number of aromatic amines is 1. The molecule has 1 aliphatic rings. The van der Waals surface area contributed by atoms with E-state index in [1.165, 1.54) is 0 Å². The van der Waals surface area contributed by atoms with E-state index in [4.69, 9.17) is 0 Å². The molecular weight excluding hydrogens is 490 g/mol. The summed E-state index contributed by atoms with van der Waals surface area (Å²) in [6.45, 7) is 6.67. The number of amides is 3. The lowest BCUT2D eigenvalue weighted by Crippen LogP contribution is -2.54. The summed E-state index contributed by atoms with van der Waals surface area (Å²) >= 11 is 0. The number of aromatic nitrogens is 2. The van der Waals surface area contributed by atoms with Gasteiger partial charge >= 0.3 is 0 Å². The Hall–Kier alpha value is -4.46. The Morgan fingerprint density at radius 1 is 0.949 bits per heavy atom. The van der Waals surface area contributed by atoms with Gasteiger partial charge in [0.25, 0.3) is 11.8 Å². The van der Waals surface area contributed by atoms with Crippen molar-refractivity contribution in [1.29, 1.82) is 0 Å². The third-order valence-electron chi connectivity index (χ3n) is 7.10. The summed E-state index contributed by atoms with van der Waals surface area (Å²) in [6, 6.07) is 22.0. The van der Waals surface area contributed by atoms with E-state index in [0.717, 1.165) is 22.0 Å². The predicted octanol–water partition coefficient (Wildman–Crippen LogP) is 4.41. The fourth-order valence-electron chi connectivity index (χ4n) is 4.90. The SMILES string of the molecule is CC(C)(C)[C@H](NC(=O)c1cc2ccccc2[nH]1)C(=O)N1CC[C@@H](NC(=O)c2ccc(-c3ccccc3)cn2)C1. The van der Waals surface area contributed by atoms with Crippen LogP contribution in [0.4, 0.5) is 0 Å². The molecule has 8 heteroatoms. The lowest BCUT2D eigenvalue weighted by molar-refractivity contribution is -0.134. The van der Waals surface area contributed by atoms with Gasteiger partial charge in [0.1, 0.15) is 17.4 Å². The van der Waals surface area contributed by atoms with Gasteiger partial charge in [-0.1, -0.05) is 75.4 Å². The van der Waals surface area contributed by atoms with E-state index in [1.54, 1.807) is 23.2 Å². The smallest absolute Gasteiger partial charge is 0.270 e. The van der Waals surface area contributed by atoms with Crippen LogP contribution in [-0.2, 0) is 4.79 Å². The molecule has 2 atom stereocenters. The van der Waals surface area contributed by atoms with Gasteiger partial charge in [0, 0.05) is 41.8 Å². The lowest BCUT2D eigenvalue weighted by Gasteiger charge is -2.33. The maximum absolute atomic E-state index is 13.6.